The zero-order valence-corrected chi connectivity index (χ0v) is 7.33. The number of Topliss-reactive ketones (excluding diaryl/α,β-unsaturated/α-hetero) is 1. The molecule has 3 atom stereocenters. The lowest BCUT2D eigenvalue weighted by Gasteiger charge is -2.37. The van der Waals surface area contributed by atoms with Gasteiger partial charge in [0.05, 0.1) is 6.10 Å². The highest BCUT2D eigenvalue weighted by molar-refractivity contribution is 5.82. The fourth-order valence-corrected chi connectivity index (χ4v) is 2.71. The van der Waals surface area contributed by atoms with E-state index in [-0.39, 0.29) is 12.0 Å². The molecule has 68 valence electrons. The number of aliphatic hydroxyl groups is 1. The Labute approximate surface area is 73.0 Å². The van der Waals surface area contributed by atoms with Crippen LogP contribution in [-0.4, -0.2) is 17.0 Å². The second kappa shape index (κ2) is 3.17. The Balaban J connectivity index is 2.11. The molecule has 12 heavy (non-hydrogen) atoms. The minimum absolute atomic E-state index is 0.187. The van der Waals surface area contributed by atoms with Crippen molar-refractivity contribution < 1.29 is 9.90 Å². The maximum absolute atomic E-state index is 11.5. The Morgan fingerprint density at radius 1 is 1.17 bits per heavy atom. The van der Waals surface area contributed by atoms with Crippen LogP contribution in [0.4, 0.5) is 0 Å². The first kappa shape index (κ1) is 8.24. The smallest absolute Gasteiger partial charge is 0.136 e. The quantitative estimate of drug-likeness (QED) is 0.595. The Morgan fingerprint density at radius 2 is 1.92 bits per heavy atom. The van der Waals surface area contributed by atoms with Gasteiger partial charge in [-0.25, -0.2) is 0 Å². The second-order valence-electron chi connectivity index (χ2n) is 4.13. The fourth-order valence-electron chi connectivity index (χ4n) is 2.71. The molecule has 0 unspecified atom stereocenters. The monoisotopic (exact) mass is 168 g/mol. The minimum Gasteiger partial charge on any atom is -0.393 e. The second-order valence-corrected chi connectivity index (χ2v) is 4.13. The van der Waals surface area contributed by atoms with Crippen LogP contribution in [0.3, 0.4) is 0 Å². The summed E-state index contributed by atoms with van der Waals surface area (Å²) in [5.74, 6) is 0.924. The van der Waals surface area contributed by atoms with E-state index in [2.05, 4.69) is 0 Å². The van der Waals surface area contributed by atoms with Gasteiger partial charge >= 0.3 is 0 Å². The summed E-state index contributed by atoms with van der Waals surface area (Å²) in [7, 11) is 0. The number of hydrogen-bond acceptors (Lipinski definition) is 2. The Morgan fingerprint density at radius 3 is 2.67 bits per heavy atom. The molecule has 1 N–H and O–H groups in total. The van der Waals surface area contributed by atoms with Crippen molar-refractivity contribution >= 4 is 5.78 Å². The topological polar surface area (TPSA) is 37.3 Å². The van der Waals surface area contributed by atoms with Gasteiger partial charge in [-0.15, -0.1) is 0 Å². The van der Waals surface area contributed by atoms with E-state index < -0.39 is 0 Å². The maximum atomic E-state index is 11.5. The van der Waals surface area contributed by atoms with Gasteiger partial charge in [0.2, 0.25) is 0 Å². The third-order valence-corrected chi connectivity index (χ3v) is 3.41. The lowest BCUT2D eigenvalue weighted by Crippen LogP contribution is -2.40. The molecule has 2 saturated carbocycles. The molecule has 0 aliphatic heterocycles. The standard InChI is InChI=1S/C10H16O2/c11-9-5-6-10(12)8-4-2-1-3-7(8)9/h7-9,11H,1-6H2/t7-,8-,9+/m0/s1. The predicted molar refractivity (Wildman–Crippen MR) is 45.7 cm³/mol. The number of hydrogen-bond donors (Lipinski definition) is 1. The summed E-state index contributed by atoms with van der Waals surface area (Å²) in [6.07, 6.45) is 5.61. The number of rotatable bonds is 0. The van der Waals surface area contributed by atoms with Crippen molar-refractivity contribution in [2.45, 2.75) is 44.6 Å². The third kappa shape index (κ3) is 1.28. The first-order valence-electron chi connectivity index (χ1n) is 5.00. The molecule has 2 nitrogen and oxygen atoms in total. The van der Waals surface area contributed by atoms with Crippen LogP contribution >= 0.6 is 0 Å². The highest BCUT2D eigenvalue weighted by Crippen LogP contribution is 2.38. The van der Waals surface area contributed by atoms with Gasteiger partial charge < -0.3 is 5.11 Å². The van der Waals surface area contributed by atoms with E-state index >= 15 is 0 Å². The molecule has 2 aliphatic carbocycles. The SMILES string of the molecule is O=C1CC[C@@H](O)[C@H]2CCCC[C@H]12. The number of carbonyl (C=O) groups excluding carboxylic acids is 1. The van der Waals surface area contributed by atoms with Gasteiger partial charge in [0.15, 0.2) is 0 Å². The summed E-state index contributed by atoms with van der Waals surface area (Å²) >= 11 is 0. The molecule has 0 bridgehead atoms. The van der Waals surface area contributed by atoms with Gasteiger partial charge in [-0.05, 0) is 25.2 Å². The summed E-state index contributed by atoms with van der Waals surface area (Å²) in [4.78, 5) is 11.5. The zero-order chi connectivity index (χ0) is 8.55. The first-order chi connectivity index (χ1) is 5.79. The summed E-state index contributed by atoms with van der Waals surface area (Å²) in [6, 6.07) is 0. The number of carbonyl (C=O) groups is 1. The van der Waals surface area contributed by atoms with Crippen molar-refractivity contribution in [3.05, 3.63) is 0 Å². The summed E-state index contributed by atoms with van der Waals surface area (Å²) < 4.78 is 0. The largest absolute Gasteiger partial charge is 0.393 e. The molecule has 0 amide bonds. The molecule has 2 fully saturated rings. The molecule has 0 aromatic carbocycles. The van der Waals surface area contributed by atoms with Crippen LogP contribution < -0.4 is 0 Å². The van der Waals surface area contributed by atoms with Crippen LogP contribution in [0, 0.1) is 11.8 Å². The van der Waals surface area contributed by atoms with Gasteiger partial charge in [0.25, 0.3) is 0 Å². The van der Waals surface area contributed by atoms with E-state index in [0.717, 1.165) is 12.8 Å². The lowest BCUT2D eigenvalue weighted by atomic mass is 9.69. The Bertz CT molecular complexity index is 188. The van der Waals surface area contributed by atoms with E-state index in [0.29, 0.717) is 24.5 Å². The molecule has 2 heteroatoms. The van der Waals surface area contributed by atoms with Gasteiger partial charge in [-0.2, -0.15) is 0 Å². The average molecular weight is 168 g/mol. The predicted octanol–water partition coefficient (Wildman–Crippen LogP) is 1.52. The number of ketones is 1. The average Bonchev–Trinajstić information content (AvgIpc) is 2.12. The van der Waals surface area contributed by atoms with E-state index in [1.54, 1.807) is 0 Å². The van der Waals surface area contributed by atoms with Crippen LogP contribution in [0.5, 0.6) is 0 Å². The number of fused-ring (bicyclic) bond motifs is 1. The molecular weight excluding hydrogens is 152 g/mol. The van der Waals surface area contributed by atoms with Crippen LogP contribution in [0.1, 0.15) is 38.5 Å². The Kier molecular flexibility index (Phi) is 2.18. The minimum atomic E-state index is -0.187. The van der Waals surface area contributed by atoms with Gasteiger partial charge in [-0.3, -0.25) is 4.79 Å². The number of aliphatic hydroxyl groups excluding tert-OH is 1. The van der Waals surface area contributed by atoms with Crippen molar-refractivity contribution in [3.8, 4) is 0 Å². The molecule has 0 saturated heterocycles. The van der Waals surface area contributed by atoms with Gasteiger partial charge in [-0.1, -0.05) is 12.8 Å². The molecule has 0 radical (unpaired) electrons. The molecular formula is C10H16O2. The van der Waals surface area contributed by atoms with Crippen molar-refractivity contribution in [2.75, 3.05) is 0 Å². The maximum Gasteiger partial charge on any atom is 0.136 e. The van der Waals surface area contributed by atoms with E-state index in [1.165, 1.54) is 12.8 Å². The molecule has 2 aliphatic rings. The molecule has 0 aromatic rings. The summed E-state index contributed by atoms with van der Waals surface area (Å²) in [5.41, 5.74) is 0. The molecule has 0 heterocycles. The van der Waals surface area contributed by atoms with Gasteiger partial charge in [0, 0.05) is 12.3 Å². The highest BCUT2D eigenvalue weighted by atomic mass is 16.3. The first-order valence-corrected chi connectivity index (χ1v) is 5.00. The summed E-state index contributed by atoms with van der Waals surface area (Å²) in [5, 5.41) is 9.67. The highest BCUT2D eigenvalue weighted by Gasteiger charge is 2.38. The summed E-state index contributed by atoms with van der Waals surface area (Å²) in [6.45, 7) is 0. The van der Waals surface area contributed by atoms with Crippen LogP contribution in [0.25, 0.3) is 0 Å². The van der Waals surface area contributed by atoms with Crippen LogP contribution in [0.2, 0.25) is 0 Å². The zero-order valence-electron chi connectivity index (χ0n) is 7.33. The lowest BCUT2D eigenvalue weighted by molar-refractivity contribution is -0.132. The third-order valence-electron chi connectivity index (χ3n) is 3.41. The van der Waals surface area contributed by atoms with Crippen molar-refractivity contribution in [2.24, 2.45) is 11.8 Å². The normalized spacial score (nSPS) is 42.4. The van der Waals surface area contributed by atoms with Crippen molar-refractivity contribution in [1.29, 1.82) is 0 Å². The van der Waals surface area contributed by atoms with Crippen molar-refractivity contribution in [3.63, 3.8) is 0 Å². The molecule has 0 aromatic heterocycles. The fraction of sp³-hybridized carbons (Fsp3) is 0.900. The molecule has 0 spiro atoms. The van der Waals surface area contributed by atoms with E-state index in [9.17, 15) is 9.90 Å². The van der Waals surface area contributed by atoms with E-state index in [4.69, 9.17) is 0 Å². The Hall–Kier alpha value is -0.370. The van der Waals surface area contributed by atoms with Crippen molar-refractivity contribution in [1.82, 2.24) is 0 Å². The van der Waals surface area contributed by atoms with Crippen LogP contribution in [-0.2, 0) is 4.79 Å². The molecule has 2 rings (SSSR count). The van der Waals surface area contributed by atoms with Crippen LogP contribution in [0.15, 0.2) is 0 Å². The van der Waals surface area contributed by atoms with E-state index in [1.807, 2.05) is 0 Å². The van der Waals surface area contributed by atoms with Gasteiger partial charge in [0.1, 0.15) is 5.78 Å².